The van der Waals surface area contributed by atoms with Crippen LogP contribution in [0.4, 0.5) is 0 Å². The number of aliphatic hydroxyl groups is 6. The van der Waals surface area contributed by atoms with E-state index in [4.69, 9.17) is 52.1 Å². The predicted octanol–water partition coefficient (Wildman–Crippen LogP) is -4.85. The smallest absolute Gasteiger partial charge is 0.252 e. The lowest BCUT2D eigenvalue weighted by molar-refractivity contribution is -0.240. The van der Waals surface area contributed by atoms with Crippen molar-refractivity contribution in [2.24, 2.45) is 22.9 Å². The van der Waals surface area contributed by atoms with Crippen LogP contribution < -0.4 is 38.9 Å². The van der Waals surface area contributed by atoms with Crippen LogP contribution in [-0.2, 0) is 23.7 Å². The number of hydrogen-bond acceptors (Lipinski definition) is 17. The highest BCUT2D eigenvalue weighted by atomic mass is 16.7. The molecule has 0 bridgehead atoms. The summed E-state index contributed by atoms with van der Waals surface area (Å²) in [5.74, 6) is -0.345. The normalized spacial score (nSPS) is 40.7. The van der Waals surface area contributed by atoms with Crippen molar-refractivity contribution < 1.29 is 54.4 Å². The molecule has 294 valence electrons. The van der Waals surface area contributed by atoms with Gasteiger partial charge in [0.15, 0.2) is 12.6 Å². The largest absolute Gasteiger partial charge is 0.394 e. The van der Waals surface area contributed by atoms with Gasteiger partial charge in [0.1, 0.15) is 23.9 Å². The molecule has 0 aromatic heterocycles. The molecule has 0 spiro atoms. The van der Waals surface area contributed by atoms with Gasteiger partial charge in [0.2, 0.25) is 0 Å². The summed E-state index contributed by atoms with van der Waals surface area (Å²) in [6, 6.07) is -1.19. The Hall–Kier alpha value is -1.17. The van der Waals surface area contributed by atoms with Gasteiger partial charge in [-0.05, 0) is 52.0 Å². The fraction of sp³-hybridized carbons (Fsp3) is 0.969. The molecule has 3 aliphatic heterocycles. The van der Waals surface area contributed by atoms with Gasteiger partial charge in [-0.2, -0.15) is 0 Å². The van der Waals surface area contributed by atoms with Crippen molar-refractivity contribution in [3.8, 4) is 0 Å². The molecule has 50 heavy (non-hydrogen) atoms. The molecule has 0 aromatic rings. The zero-order valence-electron chi connectivity index (χ0n) is 29.4. The van der Waals surface area contributed by atoms with Crippen LogP contribution in [0.15, 0.2) is 0 Å². The van der Waals surface area contributed by atoms with Crippen molar-refractivity contribution in [3.05, 3.63) is 0 Å². The van der Waals surface area contributed by atoms with Gasteiger partial charge in [-0.3, -0.25) is 4.79 Å². The summed E-state index contributed by atoms with van der Waals surface area (Å²) in [6.45, 7) is 2.74. The van der Waals surface area contributed by atoms with Crippen LogP contribution in [-0.4, -0.2) is 168 Å². The van der Waals surface area contributed by atoms with E-state index in [1.54, 1.807) is 7.05 Å². The quantitative estimate of drug-likeness (QED) is 0.0898. The highest BCUT2D eigenvalue weighted by Gasteiger charge is 2.48. The first-order valence-electron chi connectivity index (χ1n) is 18.0. The number of aliphatic hydroxyl groups excluding tert-OH is 5. The Labute approximate surface area is 294 Å². The summed E-state index contributed by atoms with van der Waals surface area (Å²) in [5, 5.41) is 64.6. The number of nitrogens with one attached hydrogen (secondary N) is 3. The third-order valence-corrected chi connectivity index (χ3v) is 9.74. The van der Waals surface area contributed by atoms with Crippen LogP contribution in [0.1, 0.15) is 64.2 Å². The highest BCUT2D eigenvalue weighted by Crippen LogP contribution is 2.32. The van der Waals surface area contributed by atoms with Crippen LogP contribution in [0, 0.1) is 0 Å². The van der Waals surface area contributed by atoms with E-state index >= 15 is 0 Å². The molecule has 5 rings (SSSR count). The molecule has 0 radical (unpaired) electrons. The Balaban J connectivity index is 0.000000221. The second-order valence-corrected chi connectivity index (χ2v) is 14.3. The first-order chi connectivity index (χ1) is 23.8. The zero-order chi connectivity index (χ0) is 36.8. The first kappa shape index (κ1) is 43.2. The van der Waals surface area contributed by atoms with Crippen molar-refractivity contribution in [2.45, 2.75) is 149 Å². The third kappa shape index (κ3) is 13.7. The number of nitrogens with two attached hydrogens (primary N) is 4. The Morgan fingerprint density at radius 3 is 2.30 bits per heavy atom. The summed E-state index contributed by atoms with van der Waals surface area (Å²) in [6.07, 6.45) is 3.32. The van der Waals surface area contributed by atoms with E-state index in [2.05, 4.69) is 16.0 Å². The molecule has 3 heterocycles. The van der Waals surface area contributed by atoms with Crippen molar-refractivity contribution >= 4 is 5.91 Å². The molecule has 8 unspecified atom stereocenters. The maximum Gasteiger partial charge on any atom is 0.252 e. The molecule has 18 nitrogen and oxygen atoms in total. The van der Waals surface area contributed by atoms with Gasteiger partial charge in [-0.25, -0.2) is 0 Å². The second-order valence-electron chi connectivity index (χ2n) is 14.3. The molecular formula is C32H65N7O11. The van der Waals surface area contributed by atoms with Crippen molar-refractivity contribution in [3.63, 3.8) is 0 Å². The summed E-state index contributed by atoms with van der Waals surface area (Å²) in [5.41, 5.74) is 21.5. The van der Waals surface area contributed by atoms with Crippen LogP contribution >= 0.6 is 0 Å². The first-order valence-corrected chi connectivity index (χ1v) is 18.0. The fourth-order valence-electron chi connectivity index (χ4n) is 6.79. The molecule has 2 aliphatic carbocycles. The minimum atomic E-state index is -1.32. The molecule has 5 aliphatic rings. The van der Waals surface area contributed by atoms with Gasteiger partial charge in [0.05, 0.1) is 37.1 Å². The Bertz CT molecular complexity index is 965. The number of carbonyl (C=O) groups excluding carboxylic acids is 1. The SMILES string of the molecule is CNC[C@@H]1O[C@H](O)[C@H](N)C(O)[C@@H]1O.NCC1CCC(OC2CC(N)CC(NC(=O)C3(O)CC(N)C3)C2)O1.OCC(O)CNCC1CCCCO1. The average Bonchev–Trinajstić information content (AvgIpc) is 3.53. The fourth-order valence-corrected chi connectivity index (χ4v) is 6.79. The summed E-state index contributed by atoms with van der Waals surface area (Å²) in [4.78, 5) is 12.3. The van der Waals surface area contributed by atoms with E-state index in [1.807, 2.05) is 0 Å². The Kier molecular flexibility index (Phi) is 18.6. The summed E-state index contributed by atoms with van der Waals surface area (Å²) in [7, 11) is 1.68. The number of carbonyl (C=O) groups is 1. The van der Waals surface area contributed by atoms with Crippen molar-refractivity contribution in [2.75, 3.05) is 46.4 Å². The lowest BCUT2D eigenvalue weighted by atomic mass is 9.75. The second kappa shape index (κ2) is 21.5. The maximum atomic E-state index is 12.3. The maximum absolute atomic E-state index is 12.3. The zero-order valence-corrected chi connectivity index (χ0v) is 29.4. The van der Waals surface area contributed by atoms with E-state index in [0.29, 0.717) is 51.4 Å². The van der Waals surface area contributed by atoms with Gasteiger partial charge >= 0.3 is 0 Å². The standard InChI is InChI=1S/C16H30N4O4.C9H19NO3.C7H16N2O4/c17-8-12-1-2-14(23-12)24-13-4-9(18)3-11(5-13)20-15(21)16(22)6-10(19)7-16;11-7-8(12)5-10-6-9-3-1-2-4-13-9;1-9-2-3-5(10)6(11)4(8)7(12)13-3/h9-14,22H,1-8,17-19H2,(H,20,21);8-12H,1-7H2;3-7,9-12H,2,8H2,1H3/t;;3-,4+,5+,6?,7-/m..0/s1. The number of hydrogen-bond donors (Lipinski definition) is 13. The topological polar surface area (TPSA) is 316 Å². The van der Waals surface area contributed by atoms with Crippen LogP contribution in [0.5, 0.6) is 0 Å². The van der Waals surface area contributed by atoms with E-state index in [9.17, 15) is 25.2 Å². The summed E-state index contributed by atoms with van der Waals surface area (Å²) < 4.78 is 22.2. The van der Waals surface area contributed by atoms with Gasteiger partial charge in [0.25, 0.3) is 5.91 Å². The van der Waals surface area contributed by atoms with Crippen LogP contribution in [0.25, 0.3) is 0 Å². The molecular weight excluding hydrogens is 658 g/mol. The molecule has 2 saturated carbocycles. The van der Waals surface area contributed by atoms with Gasteiger partial charge in [0, 0.05) is 70.2 Å². The molecule has 18 heteroatoms. The number of ether oxygens (including phenoxy) is 4. The van der Waals surface area contributed by atoms with E-state index in [0.717, 1.165) is 45.3 Å². The van der Waals surface area contributed by atoms with Crippen LogP contribution in [0.3, 0.4) is 0 Å². The molecule has 17 N–H and O–H groups in total. The van der Waals surface area contributed by atoms with E-state index in [1.165, 1.54) is 6.42 Å². The van der Waals surface area contributed by atoms with Gasteiger partial charge < -0.3 is 88.5 Å². The number of likely N-dealkylation sites (N-methyl/N-ethyl adjacent to an activating group) is 1. The highest BCUT2D eigenvalue weighted by molar-refractivity contribution is 5.86. The number of rotatable bonds is 12. The minimum absolute atomic E-state index is 0.0425. The third-order valence-electron chi connectivity index (χ3n) is 9.74. The Morgan fingerprint density at radius 1 is 0.960 bits per heavy atom. The predicted molar refractivity (Wildman–Crippen MR) is 182 cm³/mol. The van der Waals surface area contributed by atoms with Crippen LogP contribution in [0.2, 0.25) is 0 Å². The lowest BCUT2D eigenvalue weighted by Gasteiger charge is -2.42. The van der Waals surface area contributed by atoms with Gasteiger partial charge in [-0.1, -0.05) is 0 Å². The Morgan fingerprint density at radius 2 is 1.70 bits per heavy atom. The molecule has 0 aromatic carbocycles. The molecule has 5 fully saturated rings. The summed E-state index contributed by atoms with van der Waals surface area (Å²) >= 11 is 0. The van der Waals surface area contributed by atoms with Gasteiger partial charge in [-0.15, -0.1) is 0 Å². The molecule has 3 saturated heterocycles. The van der Waals surface area contributed by atoms with Crippen molar-refractivity contribution in [1.29, 1.82) is 0 Å². The van der Waals surface area contributed by atoms with Crippen molar-refractivity contribution in [1.82, 2.24) is 16.0 Å². The lowest BCUT2D eigenvalue weighted by Crippen LogP contribution is -2.62. The van der Waals surface area contributed by atoms with E-state index < -0.39 is 42.3 Å². The number of amides is 1. The minimum Gasteiger partial charge on any atom is -0.394 e. The van der Waals surface area contributed by atoms with E-state index in [-0.39, 0.29) is 49.1 Å². The average molecular weight is 724 g/mol. The monoisotopic (exact) mass is 723 g/mol. The molecule has 1 amide bonds. The molecule has 12 atom stereocenters.